The van der Waals surface area contributed by atoms with Gasteiger partial charge in [-0.3, -0.25) is 9.59 Å². The number of nitrogens with one attached hydrogen (secondary N) is 1. The summed E-state index contributed by atoms with van der Waals surface area (Å²) in [6, 6.07) is 4.04. The molecular formula is C33H45FN6O3. The Morgan fingerprint density at radius 1 is 1.14 bits per heavy atom. The molecule has 1 aromatic heterocycles. The average molecular weight is 593 g/mol. The third kappa shape index (κ3) is 6.21. The standard InChI is InChI=1S/C33H45FN6O3/c1-4-40(23(2)3)31(42)26-17-25(34)5-6-27(26)43-28-18-35-22-36-30(28)39-20-32(21-39)13-15-38(16-14-32)19-24-7-10-33(11-8-24)12-9-29(41)37-33/h5-6,17-18,22-24H,4,7-16,19-21H2,1-3H3,(H,37,41)/t24-,33-. The molecule has 4 fully saturated rings. The van der Waals surface area contributed by atoms with Gasteiger partial charge in [0, 0.05) is 49.6 Å². The Labute approximate surface area is 254 Å². The fourth-order valence-corrected chi connectivity index (χ4v) is 7.76. The van der Waals surface area contributed by atoms with E-state index < -0.39 is 5.82 Å². The van der Waals surface area contributed by atoms with Crippen LogP contribution in [-0.2, 0) is 4.79 Å². The number of benzene rings is 1. The van der Waals surface area contributed by atoms with Crippen LogP contribution in [0.5, 0.6) is 11.5 Å². The van der Waals surface area contributed by atoms with Gasteiger partial charge in [0.15, 0.2) is 11.6 Å². The lowest BCUT2D eigenvalue weighted by atomic mass is 9.71. The summed E-state index contributed by atoms with van der Waals surface area (Å²) in [5, 5.41) is 3.27. The van der Waals surface area contributed by atoms with Crippen LogP contribution < -0.4 is 15.0 Å². The molecule has 3 saturated heterocycles. The van der Waals surface area contributed by atoms with Gasteiger partial charge in [0.2, 0.25) is 5.91 Å². The van der Waals surface area contributed by atoms with Crippen molar-refractivity contribution in [3.8, 4) is 11.5 Å². The topological polar surface area (TPSA) is 90.9 Å². The van der Waals surface area contributed by atoms with Gasteiger partial charge in [0.1, 0.15) is 17.9 Å². The van der Waals surface area contributed by atoms with Gasteiger partial charge in [-0.15, -0.1) is 0 Å². The molecular weight excluding hydrogens is 547 g/mol. The van der Waals surface area contributed by atoms with Crippen LogP contribution in [0.15, 0.2) is 30.7 Å². The van der Waals surface area contributed by atoms with Crippen LogP contribution in [0.25, 0.3) is 0 Å². The number of rotatable bonds is 8. The van der Waals surface area contributed by atoms with Crippen molar-refractivity contribution in [1.29, 1.82) is 0 Å². The maximum absolute atomic E-state index is 14.2. The van der Waals surface area contributed by atoms with Gasteiger partial charge >= 0.3 is 0 Å². The van der Waals surface area contributed by atoms with Crippen molar-refractivity contribution in [2.45, 2.75) is 83.7 Å². The molecule has 1 N–H and O–H groups in total. The molecule has 2 amide bonds. The maximum Gasteiger partial charge on any atom is 0.257 e. The number of ether oxygens (including phenoxy) is 1. The number of amides is 2. The van der Waals surface area contributed by atoms with Crippen LogP contribution in [-0.4, -0.2) is 82.4 Å². The number of carbonyl (C=O) groups excluding carboxylic acids is 2. The first-order valence-electron chi connectivity index (χ1n) is 16.0. The molecule has 0 radical (unpaired) electrons. The monoisotopic (exact) mass is 592 g/mol. The summed E-state index contributed by atoms with van der Waals surface area (Å²) in [5.41, 5.74) is 0.564. The number of aromatic nitrogens is 2. The number of likely N-dealkylation sites (tertiary alicyclic amines) is 1. The molecule has 0 bridgehead atoms. The predicted octanol–water partition coefficient (Wildman–Crippen LogP) is 5.02. The van der Waals surface area contributed by atoms with Crippen molar-refractivity contribution < 1.29 is 18.7 Å². The van der Waals surface area contributed by atoms with Crippen molar-refractivity contribution in [2.75, 3.05) is 44.2 Å². The van der Waals surface area contributed by atoms with Gasteiger partial charge in [-0.05, 0) is 103 Å². The summed E-state index contributed by atoms with van der Waals surface area (Å²) < 4.78 is 20.5. The first-order chi connectivity index (χ1) is 20.7. The third-order valence-electron chi connectivity index (χ3n) is 10.4. The molecule has 6 rings (SSSR count). The average Bonchev–Trinajstić information content (AvgIpc) is 3.34. The van der Waals surface area contributed by atoms with E-state index in [1.54, 1.807) is 11.1 Å². The van der Waals surface area contributed by atoms with E-state index in [1.165, 1.54) is 43.9 Å². The van der Waals surface area contributed by atoms with E-state index in [0.717, 1.165) is 64.2 Å². The van der Waals surface area contributed by atoms with Gasteiger partial charge in [-0.2, -0.15) is 0 Å². The third-order valence-corrected chi connectivity index (χ3v) is 10.4. The normalized spacial score (nSPS) is 25.2. The number of halogens is 1. The smallest absolute Gasteiger partial charge is 0.257 e. The fourth-order valence-electron chi connectivity index (χ4n) is 7.76. The Morgan fingerprint density at radius 2 is 1.88 bits per heavy atom. The van der Waals surface area contributed by atoms with Gasteiger partial charge in [0.25, 0.3) is 5.91 Å². The second-order valence-electron chi connectivity index (χ2n) is 13.6. The Bertz CT molecular complexity index is 1330. The Balaban J connectivity index is 1.05. The number of anilines is 1. The zero-order chi connectivity index (χ0) is 30.2. The van der Waals surface area contributed by atoms with Crippen LogP contribution in [0.4, 0.5) is 10.2 Å². The minimum Gasteiger partial charge on any atom is -0.451 e. The SMILES string of the molecule is CCN(C(=O)c1cc(F)ccc1Oc1cncnc1N1CC2(CCN(C[C@H]3CC[C@@]4(CCC(=O)N4)CC3)CC2)C1)C(C)C. The molecule has 1 saturated carbocycles. The van der Waals surface area contributed by atoms with E-state index in [9.17, 15) is 14.0 Å². The zero-order valence-electron chi connectivity index (χ0n) is 25.8. The first kappa shape index (κ1) is 29.8. The quantitative estimate of drug-likeness (QED) is 0.460. The summed E-state index contributed by atoms with van der Waals surface area (Å²) in [5.74, 6) is 1.69. The molecule has 4 heterocycles. The lowest BCUT2D eigenvalue weighted by Gasteiger charge is -2.55. The van der Waals surface area contributed by atoms with Crippen molar-refractivity contribution in [2.24, 2.45) is 11.3 Å². The molecule has 2 aromatic rings. The molecule has 2 spiro atoms. The lowest BCUT2D eigenvalue weighted by molar-refractivity contribution is -0.120. The predicted molar refractivity (Wildman–Crippen MR) is 163 cm³/mol. The highest BCUT2D eigenvalue weighted by Gasteiger charge is 2.47. The summed E-state index contributed by atoms with van der Waals surface area (Å²) in [6.45, 7) is 11.5. The fraction of sp³-hybridized carbons (Fsp3) is 0.636. The van der Waals surface area contributed by atoms with Crippen LogP contribution >= 0.6 is 0 Å². The van der Waals surface area contributed by atoms with E-state index in [2.05, 4.69) is 25.1 Å². The number of piperidine rings is 1. The number of carbonyl (C=O) groups is 2. The van der Waals surface area contributed by atoms with E-state index in [0.29, 0.717) is 30.3 Å². The van der Waals surface area contributed by atoms with Crippen LogP contribution in [0, 0.1) is 17.2 Å². The summed E-state index contributed by atoms with van der Waals surface area (Å²) in [6.07, 6.45) is 11.9. The highest BCUT2D eigenvalue weighted by atomic mass is 19.1. The molecule has 3 aliphatic heterocycles. The van der Waals surface area contributed by atoms with Crippen LogP contribution in [0.3, 0.4) is 0 Å². The Morgan fingerprint density at radius 3 is 2.53 bits per heavy atom. The minimum absolute atomic E-state index is 0.0242. The first-order valence-corrected chi connectivity index (χ1v) is 16.0. The molecule has 10 heteroatoms. The highest BCUT2D eigenvalue weighted by molar-refractivity contribution is 5.97. The maximum atomic E-state index is 14.2. The van der Waals surface area contributed by atoms with Gasteiger partial charge in [0.05, 0.1) is 11.8 Å². The number of hydrogen-bond acceptors (Lipinski definition) is 7. The van der Waals surface area contributed by atoms with Crippen LogP contribution in [0.1, 0.15) is 82.5 Å². The molecule has 1 aromatic carbocycles. The van der Waals surface area contributed by atoms with Crippen molar-refractivity contribution >= 4 is 17.6 Å². The zero-order valence-corrected chi connectivity index (χ0v) is 25.8. The Hall–Kier alpha value is -3.27. The number of hydrogen-bond donors (Lipinski definition) is 1. The van der Waals surface area contributed by atoms with Gasteiger partial charge < -0.3 is 24.8 Å². The second-order valence-corrected chi connectivity index (χ2v) is 13.6. The molecule has 0 unspecified atom stereocenters. The van der Waals surface area contributed by atoms with E-state index >= 15 is 0 Å². The van der Waals surface area contributed by atoms with Crippen molar-refractivity contribution in [3.63, 3.8) is 0 Å². The van der Waals surface area contributed by atoms with E-state index in [1.807, 2.05) is 20.8 Å². The molecule has 1 aliphatic carbocycles. The molecule has 4 aliphatic rings. The van der Waals surface area contributed by atoms with Gasteiger partial charge in [-0.25, -0.2) is 14.4 Å². The summed E-state index contributed by atoms with van der Waals surface area (Å²) in [4.78, 5) is 40.4. The van der Waals surface area contributed by atoms with E-state index in [4.69, 9.17) is 4.74 Å². The second kappa shape index (κ2) is 12.0. The van der Waals surface area contributed by atoms with Crippen molar-refractivity contribution in [1.82, 2.24) is 25.1 Å². The van der Waals surface area contributed by atoms with Gasteiger partial charge in [-0.1, -0.05) is 0 Å². The largest absolute Gasteiger partial charge is 0.451 e. The molecule has 232 valence electrons. The molecule has 0 atom stereocenters. The molecule has 43 heavy (non-hydrogen) atoms. The molecule has 9 nitrogen and oxygen atoms in total. The summed E-state index contributed by atoms with van der Waals surface area (Å²) >= 11 is 0. The summed E-state index contributed by atoms with van der Waals surface area (Å²) in [7, 11) is 0. The Kier molecular flexibility index (Phi) is 8.33. The lowest BCUT2D eigenvalue weighted by Crippen LogP contribution is -2.61. The minimum atomic E-state index is -0.481. The number of nitrogens with zero attached hydrogens (tertiary/aromatic N) is 5. The highest BCUT2D eigenvalue weighted by Crippen LogP contribution is 2.45. The van der Waals surface area contributed by atoms with E-state index in [-0.39, 0.29) is 34.4 Å². The van der Waals surface area contributed by atoms with Crippen molar-refractivity contribution in [3.05, 3.63) is 42.1 Å². The van der Waals surface area contributed by atoms with Crippen LogP contribution in [0.2, 0.25) is 0 Å².